The van der Waals surface area contributed by atoms with Gasteiger partial charge in [-0.3, -0.25) is 24.5 Å². The van der Waals surface area contributed by atoms with Crippen LogP contribution in [0.15, 0.2) is 72.0 Å². The monoisotopic (exact) mass is 374 g/mol. The lowest BCUT2D eigenvalue weighted by molar-refractivity contribution is -0.130. The van der Waals surface area contributed by atoms with Crippen molar-refractivity contribution in [2.45, 2.75) is 0 Å². The van der Waals surface area contributed by atoms with Gasteiger partial charge in [0, 0.05) is 29.4 Å². The first-order valence-electron chi connectivity index (χ1n) is 8.26. The fourth-order valence-electron chi connectivity index (χ4n) is 2.92. The van der Waals surface area contributed by atoms with E-state index >= 15 is 0 Å². The minimum absolute atomic E-state index is 0.0667. The molecule has 2 amide bonds. The molecule has 6 nitrogen and oxygen atoms in total. The summed E-state index contributed by atoms with van der Waals surface area (Å²) in [5.74, 6) is -1.97. The number of carbonyl (C=O) groups excluding carboxylic acids is 2. The first-order valence-corrected chi connectivity index (χ1v) is 8.67. The summed E-state index contributed by atoms with van der Waals surface area (Å²) in [7, 11) is 0. The third kappa shape index (κ3) is 3.20. The molecule has 1 N–H and O–H groups in total. The number of fused-ring (bicyclic) bond motifs is 1. The van der Waals surface area contributed by atoms with Gasteiger partial charge in [0.2, 0.25) is 5.91 Å². The molecule has 27 heavy (non-hydrogen) atoms. The molecular weight excluding hydrogens is 360 g/mol. The molecule has 0 saturated carbocycles. The quantitative estimate of drug-likeness (QED) is 0.434. The first kappa shape index (κ1) is 17.0. The van der Waals surface area contributed by atoms with Crippen LogP contribution in [0.3, 0.4) is 0 Å². The Kier molecular flexibility index (Phi) is 4.43. The number of anilines is 1. The van der Waals surface area contributed by atoms with Crippen LogP contribution in [0.5, 0.6) is 0 Å². The maximum absolute atomic E-state index is 12.9. The molecule has 1 atom stereocenters. The molecule has 2 heterocycles. The number of carbonyl (C=O) groups is 2. The zero-order valence-corrected chi connectivity index (χ0v) is 14.9. The molecule has 0 bridgehead atoms. The fourth-order valence-corrected chi connectivity index (χ4v) is 3.21. The molecule has 1 aliphatic rings. The number of aromatic nitrogens is 1. The number of benzene rings is 2. The third-order valence-corrected chi connectivity index (χ3v) is 4.52. The second-order valence-electron chi connectivity index (χ2n) is 5.93. The molecule has 132 valence electrons. The summed E-state index contributed by atoms with van der Waals surface area (Å²) >= 11 is 5.18. The average Bonchev–Trinajstić information content (AvgIpc) is 2.68. The van der Waals surface area contributed by atoms with Gasteiger partial charge in [-0.05, 0) is 36.5 Å². The van der Waals surface area contributed by atoms with Crippen LogP contribution >= 0.6 is 12.2 Å². The normalized spacial score (nSPS) is 17.6. The number of amides is 2. The number of rotatable bonds is 3. The summed E-state index contributed by atoms with van der Waals surface area (Å²) in [6, 6.07) is 16.4. The van der Waals surface area contributed by atoms with Gasteiger partial charge in [0.1, 0.15) is 0 Å². The highest BCUT2D eigenvalue weighted by Gasteiger charge is 2.38. The summed E-state index contributed by atoms with van der Waals surface area (Å²) in [5, 5.41) is 4.47. The molecule has 0 unspecified atom stereocenters. The predicted molar refractivity (Wildman–Crippen MR) is 108 cm³/mol. The van der Waals surface area contributed by atoms with Crippen molar-refractivity contribution in [1.82, 2.24) is 10.3 Å². The highest BCUT2D eigenvalue weighted by Crippen LogP contribution is 2.26. The zero-order valence-electron chi connectivity index (χ0n) is 14.1. The van der Waals surface area contributed by atoms with Gasteiger partial charge >= 0.3 is 0 Å². The van der Waals surface area contributed by atoms with Crippen molar-refractivity contribution in [3.63, 3.8) is 0 Å². The summed E-state index contributed by atoms with van der Waals surface area (Å²) < 4.78 is 0. The number of para-hydroxylation sites is 1. The standard InChI is InChI=1S/C20H14N4O2S/c25-18-16(12-22-17-8-4-5-13-11-21-10-9-15(13)17)19(26)24(20(27)23-18)14-6-2-1-3-7-14/h1-12,16H,(H,23,25,27)/t16-/m1/s1. The van der Waals surface area contributed by atoms with E-state index in [1.54, 1.807) is 36.7 Å². The Bertz CT molecular complexity index is 1080. The second kappa shape index (κ2) is 7.05. The van der Waals surface area contributed by atoms with Crippen LogP contribution in [0.1, 0.15) is 0 Å². The Morgan fingerprint density at radius 3 is 2.70 bits per heavy atom. The van der Waals surface area contributed by atoms with Crippen LogP contribution in [0.2, 0.25) is 0 Å². The van der Waals surface area contributed by atoms with E-state index in [1.807, 2.05) is 30.3 Å². The molecule has 1 aliphatic heterocycles. The Hall–Kier alpha value is -3.45. The van der Waals surface area contributed by atoms with E-state index in [2.05, 4.69) is 15.3 Å². The van der Waals surface area contributed by atoms with E-state index in [9.17, 15) is 9.59 Å². The Balaban J connectivity index is 1.68. The Morgan fingerprint density at radius 2 is 1.89 bits per heavy atom. The Labute approximate surface area is 160 Å². The molecular formula is C20H14N4O2S. The summed E-state index contributed by atoms with van der Waals surface area (Å²) in [5.41, 5.74) is 1.26. The van der Waals surface area contributed by atoms with Crippen molar-refractivity contribution in [3.05, 3.63) is 67.0 Å². The summed E-state index contributed by atoms with van der Waals surface area (Å²) in [6.45, 7) is 0. The van der Waals surface area contributed by atoms with Crippen LogP contribution in [0, 0.1) is 5.92 Å². The van der Waals surface area contributed by atoms with Gasteiger partial charge in [-0.2, -0.15) is 0 Å². The van der Waals surface area contributed by atoms with Crippen molar-refractivity contribution < 1.29 is 9.59 Å². The van der Waals surface area contributed by atoms with Gasteiger partial charge in [0.25, 0.3) is 5.91 Å². The second-order valence-corrected chi connectivity index (χ2v) is 6.32. The van der Waals surface area contributed by atoms with Gasteiger partial charge in [-0.25, -0.2) is 0 Å². The number of nitrogens with zero attached hydrogens (tertiary/aromatic N) is 3. The van der Waals surface area contributed by atoms with Crippen molar-refractivity contribution in [1.29, 1.82) is 0 Å². The van der Waals surface area contributed by atoms with Crippen LogP contribution in [0.25, 0.3) is 10.8 Å². The van der Waals surface area contributed by atoms with E-state index in [1.165, 1.54) is 11.1 Å². The number of nitrogens with one attached hydrogen (secondary N) is 1. The molecule has 1 fully saturated rings. The highest BCUT2D eigenvalue weighted by atomic mass is 32.1. The van der Waals surface area contributed by atoms with Crippen LogP contribution in [0.4, 0.5) is 11.4 Å². The predicted octanol–water partition coefficient (Wildman–Crippen LogP) is 3.00. The molecule has 1 aromatic heterocycles. The average molecular weight is 374 g/mol. The Morgan fingerprint density at radius 1 is 1.07 bits per heavy atom. The van der Waals surface area contributed by atoms with Crippen molar-refractivity contribution in [3.8, 4) is 0 Å². The van der Waals surface area contributed by atoms with E-state index in [4.69, 9.17) is 12.2 Å². The number of thiocarbonyl (C=S) groups is 1. The molecule has 0 aliphatic carbocycles. The van der Waals surface area contributed by atoms with Gasteiger partial charge in [0.05, 0.1) is 11.4 Å². The smallest absolute Gasteiger partial charge is 0.251 e. The van der Waals surface area contributed by atoms with E-state index in [-0.39, 0.29) is 5.11 Å². The topological polar surface area (TPSA) is 74.7 Å². The van der Waals surface area contributed by atoms with Crippen molar-refractivity contribution >= 4 is 57.5 Å². The zero-order chi connectivity index (χ0) is 18.8. The van der Waals surface area contributed by atoms with E-state index in [0.29, 0.717) is 11.4 Å². The minimum atomic E-state index is -1.06. The lowest BCUT2D eigenvalue weighted by atomic mass is 10.1. The van der Waals surface area contributed by atoms with Crippen molar-refractivity contribution in [2.75, 3.05) is 4.90 Å². The maximum atomic E-state index is 12.9. The summed E-state index contributed by atoms with van der Waals surface area (Å²) in [4.78, 5) is 35.1. The molecule has 0 radical (unpaired) electrons. The lowest BCUT2D eigenvalue weighted by Gasteiger charge is -2.30. The SMILES string of the molecule is O=C1NC(=S)N(c2ccccc2)C(=O)[C@@H]1C=Nc1cccc2cnccc12. The van der Waals surface area contributed by atoms with Crippen LogP contribution in [-0.4, -0.2) is 28.1 Å². The van der Waals surface area contributed by atoms with E-state index in [0.717, 1.165) is 10.8 Å². The highest BCUT2D eigenvalue weighted by molar-refractivity contribution is 7.80. The molecule has 1 saturated heterocycles. The molecule has 7 heteroatoms. The number of hydrogen-bond donors (Lipinski definition) is 1. The van der Waals surface area contributed by atoms with Gasteiger partial charge in [-0.1, -0.05) is 30.3 Å². The number of aliphatic imine (C=N–C) groups is 1. The van der Waals surface area contributed by atoms with Crippen LogP contribution in [-0.2, 0) is 9.59 Å². The minimum Gasteiger partial charge on any atom is -0.301 e. The van der Waals surface area contributed by atoms with Gasteiger partial charge in [-0.15, -0.1) is 0 Å². The largest absolute Gasteiger partial charge is 0.301 e. The van der Waals surface area contributed by atoms with Crippen LogP contribution < -0.4 is 10.2 Å². The first-order chi connectivity index (χ1) is 13.1. The number of hydrogen-bond acceptors (Lipinski definition) is 5. The summed E-state index contributed by atoms with van der Waals surface area (Å²) in [6.07, 6.45) is 4.78. The lowest BCUT2D eigenvalue weighted by Crippen LogP contribution is -2.58. The maximum Gasteiger partial charge on any atom is 0.251 e. The molecule has 3 aromatic rings. The van der Waals surface area contributed by atoms with E-state index < -0.39 is 17.7 Å². The molecule has 2 aromatic carbocycles. The third-order valence-electron chi connectivity index (χ3n) is 4.24. The fraction of sp³-hybridized carbons (Fsp3) is 0.0500. The van der Waals surface area contributed by atoms with Gasteiger partial charge < -0.3 is 5.32 Å². The van der Waals surface area contributed by atoms with Gasteiger partial charge in [0.15, 0.2) is 11.0 Å². The molecule has 0 spiro atoms. The van der Waals surface area contributed by atoms with Crippen molar-refractivity contribution in [2.24, 2.45) is 10.9 Å². The number of pyridine rings is 1. The molecule has 4 rings (SSSR count).